The van der Waals surface area contributed by atoms with Crippen molar-refractivity contribution < 1.29 is 10.0 Å². The van der Waals surface area contributed by atoms with Gasteiger partial charge in [0.15, 0.2) is 0 Å². The summed E-state index contributed by atoms with van der Waals surface area (Å²) >= 11 is 0. The van der Waals surface area contributed by atoms with Crippen LogP contribution >= 0.6 is 0 Å². The fourth-order valence-electron chi connectivity index (χ4n) is 3.40. The van der Waals surface area contributed by atoms with Gasteiger partial charge in [0.25, 0.3) is 5.91 Å². The smallest absolute Gasteiger partial charge is 0.253 e. The first-order valence-electron chi connectivity index (χ1n) is 8.25. The number of fused-ring (bicyclic) bond motifs is 1. The van der Waals surface area contributed by atoms with Gasteiger partial charge in [0.05, 0.1) is 5.52 Å². The Morgan fingerprint density at radius 2 is 1.67 bits per heavy atom. The minimum absolute atomic E-state index is 0.0755. The molecule has 2 heterocycles. The molecule has 0 aliphatic carbocycles. The summed E-state index contributed by atoms with van der Waals surface area (Å²) in [6.07, 6.45) is 1.62. The van der Waals surface area contributed by atoms with Crippen LogP contribution in [-0.4, -0.2) is 38.8 Å². The van der Waals surface area contributed by atoms with Crippen LogP contribution in [0.3, 0.4) is 0 Å². The van der Waals surface area contributed by atoms with Crippen LogP contribution in [-0.2, 0) is 0 Å². The number of piperidine rings is 1. The van der Waals surface area contributed by atoms with Gasteiger partial charge in [-0.3, -0.25) is 4.79 Å². The topological polar surface area (TPSA) is 58.4 Å². The van der Waals surface area contributed by atoms with Crippen LogP contribution in [0.25, 0.3) is 11.0 Å². The summed E-state index contributed by atoms with van der Waals surface area (Å²) in [6.45, 7) is 1.36. The Labute approximate surface area is 140 Å². The fourth-order valence-corrected chi connectivity index (χ4v) is 3.40. The Morgan fingerprint density at radius 3 is 2.38 bits per heavy atom. The van der Waals surface area contributed by atoms with Crippen molar-refractivity contribution in [1.29, 1.82) is 0 Å². The monoisotopic (exact) mass is 321 g/mol. The number of benzene rings is 2. The molecule has 0 spiro atoms. The van der Waals surface area contributed by atoms with E-state index in [9.17, 15) is 10.0 Å². The first-order valence-corrected chi connectivity index (χ1v) is 8.25. The molecule has 4 rings (SSSR count). The van der Waals surface area contributed by atoms with Gasteiger partial charge in [0, 0.05) is 24.6 Å². The normalized spacial score (nSPS) is 15.8. The number of rotatable bonds is 2. The number of aromatic nitrogens is 2. The van der Waals surface area contributed by atoms with E-state index in [1.54, 1.807) is 0 Å². The van der Waals surface area contributed by atoms with Crippen LogP contribution in [0.15, 0.2) is 54.6 Å². The molecule has 0 unspecified atom stereocenters. The molecule has 1 aliphatic heterocycles. The van der Waals surface area contributed by atoms with E-state index in [0.29, 0.717) is 18.9 Å². The van der Waals surface area contributed by atoms with Crippen LogP contribution < -0.4 is 0 Å². The standard InChI is InChI=1S/C19H19N3O2/c23-19(15-6-2-1-3-7-15)21-12-10-14(11-13-21)18-20-16-8-4-5-9-17(16)22(18)24/h1-9,14,24H,10-13H2. The number of likely N-dealkylation sites (tertiary alicyclic amines) is 1. The Morgan fingerprint density at radius 1 is 1.00 bits per heavy atom. The quantitative estimate of drug-likeness (QED) is 0.737. The third-order valence-corrected chi connectivity index (χ3v) is 4.73. The van der Waals surface area contributed by atoms with Crippen molar-refractivity contribution in [3.63, 3.8) is 0 Å². The van der Waals surface area contributed by atoms with Gasteiger partial charge in [0.2, 0.25) is 0 Å². The molecular formula is C19H19N3O2. The summed E-state index contributed by atoms with van der Waals surface area (Å²) in [4.78, 5) is 19.0. The van der Waals surface area contributed by atoms with E-state index in [4.69, 9.17) is 0 Å². The van der Waals surface area contributed by atoms with E-state index in [0.717, 1.165) is 29.4 Å². The predicted molar refractivity (Wildman–Crippen MR) is 91.2 cm³/mol. The molecule has 1 amide bonds. The van der Waals surface area contributed by atoms with Gasteiger partial charge in [-0.1, -0.05) is 30.3 Å². The SMILES string of the molecule is O=C(c1ccccc1)N1CCC(c2nc3ccccc3n2O)CC1. The van der Waals surface area contributed by atoms with E-state index in [1.807, 2.05) is 59.5 Å². The lowest BCUT2D eigenvalue weighted by atomic mass is 9.95. The molecule has 5 nitrogen and oxygen atoms in total. The van der Waals surface area contributed by atoms with E-state index >= 15 is 0 Å². The second kappa shape index (κ2) is 6.00. The largest absolute Gasteiger partial charge is 0.427 e. The average Bonchev–Trinajstić information content (AvgIpc) is 2.99. The van der Waals surface area contributed by atoms with E-state index in [1.165, 1.54) is 4.73 Å². The summed E-state index contributed by atoms with van der Waals surface area (Å²) in [5.74, 6) is 0.941. The number of hydrogen-bond acceptors (Lipinski definition) is 3. The Balaban J connectivity index is 1.49. The highest BCUT2D eigenvalue weighted by molar-refractivity contribution is 5.94. The van der Waals surface area contributed by atoms with Crippen LogP contribution in [0.2, 0.25) is 0 Å². The molecule has 0 radical (unpaired) electrons. The zero-order valence-corrected chi connectivity index (χ0v) is 13.3. The number of carbonyl (C=O) groups excluding carboxylic acids is 1. The predicted octanol–water partition coefficient (Wildman–Crippen LogP) is 3.29. The van der Waals surface area contributed by atoms with Gasteiger partial charge in [-0.25, -0.2) is 4.98 Å². The number of nitrogens with zero attached hydrogens (tertiary/aromatic N) is 3. The summed E-state index contributed by atoms with van der Waals surface area (Å²) in [6, 6.07) is 16.9. The van der Waals surface area contributed by atoms with Gasteiger partial charge >= 0.3 is 0 Å². The zero-order chi connectivity index (χ0) is 16.5. The Bertz CT molecular complexity index is 865. The summed E-state index contributed by atoms with van der Waals surface area (Å²) in [5.41, 5.74) is 2.26. The number of amides is 1. The van der Waals surface area contributed by atoms with Gasteiger partial charge in [-0.15, -0.1) is 0 Å². The van der Waals surface area contributed by atoms with Crippen molar-refractivity contribution in [1.82, 2.24) is 14.6 Å². The number of para-hydroxylation sites is 2. The van der Waals surface area contributed by atoms with Crippen LogP contribution in [0, 0.1) is 0 Å². The number of hydrogen-bond donors (Lipinski definition) is 1. The summed E-state index contributed by atoms with van der Waals surface area (Å²) < 4.78 is 1.20. The first kappa shape index (κ1) is 14.8. The van der Waals surface area contributed by atoms with Crippen molar-refractivity contribution in [2.24, 2.45) is 0 Å². The maximum absolute atomic E-state index is 12.5. The van der Waals surface area contributed by atoms with Crippen LogP contribution in [0.5, 0.6) is 0 Å². The maximum Gasteiger partial charge on any atom is 0.253 e. The molecule has 0 atom stereocenters. The van der Waals surface area contributed by atoms with Crippen molar-refractivity contribution in [2.45, 2.75) is 18.8 Å². The minimum atomic E-state index is 0.0755. The van der Waals surface area contributed by atoms with E-state index in [2.05, 4.69) is 4.98 Å². The lowest BCUT2D eigenvalue weighted by Crippen LogP contribution is -2.38. The van der Waals surface area contributed by atoms with Crippen molar-refractivity contribution >= 4 is 16.9 Å². The van der Waals surface area contributed by atoms with Crippen molar-refractivity contribution in [2.75, 3.05) is 13.1 Å². The lowest BCUT2D eigenvalue weighted by Gasteiger charge is -2.31. The number of imidazole rings is 1. The molecule has 0 saturated carbocycles. The zero-order valence-electron chi connectivity index (χ0n) is 13.3. The summed E-state index contributed by atoms with van der Waals surface area (Å²) in [5, 5.41) is 10.4. The highest BCUT2D eigenvalue weighted by Gasteiger charge is 2.28. The molecular weight excluding hydrogens is 302 g/mol. The highest BCUT2D eigenvalue weighted by atomic mass is 16.5. The highest BCUT2D eigenvalue weighted by Crippen LogP contribution is 2.29. The molecule has 1 aliphatic rings. The molecule has 5 heteroatoms. The van der Waals surface area contributed by atoms with Crippen LogP contribution in [0.4, 0.5) is 0 Å². The van der Waals surface area contributed by atoms with Crippen LogP contribution in [0.1, 0.15) is 34.9 Å². The Kier molecular flexibility index (Phi) is 3.69. The number of carbonyl (C=O) groups is 1. The molecule has 1 saturated heterocycles. The van der Waals surface area contributed by atoms with E-state index in [-0.39, 0.29) is 11.8 Å². The summed E-state index contributed by atoms with van der Waals surface area (Å²) in [7, 11) is 0. The molecule has 3 aromatic rings. The lowest BCUT2D eigenvalue weighted by molar-refractivity contribution is 0.0704. The van der Waals surface area contributed by atoms with Crippen molar-refractivity contribution in [3.8, 4) is 0 Å². The van der Waals surface area contributed by atoms with Gasteiger partial charge < -0.3 is 10.1 Å². The van der Waals surface area contributed by atoms with E-state index < -0.39 is 0 Å². The molecule has 1 N–H and O–H groups in total. The molecule has 0 bridgehead atoms. The fraction of sp³-hybridized carbons (Fsp3) is 0.263. The van der Waals surface area contributed by atoms with Gasteiger partial charge in [0.1, 0.15) is 11.3 Å². The molecule has 122 valence electrons. The molecule has 1 fully saturated rings. The third-order valence-electron chi connectivity index (χ3n) is 4.73. The third kappa shape index (κ3) is 2.52. The molecule has 2 aromatic carbocycles. The first-order chi connectivity index (χ1) is 11.7. The average molecular weight is 321 g/mol. The second-order valence-electron chi connectivity index (χ2n) is 6.20. The molecule has 1 aromatic heterocycles. The molecule has 24 heavy (non-hydrogen) atoms. The van der Waals surface area contributed by atoms with Crippen molar-refractivity contribution in [3.05, 3.63) is 66.0 Å². The minimum Gasteiger partial charge on any atom is -0.427 e. The maximum atomic E-state index is 12.5. The van der Waals surface area contributed by atoms with Gasteiger partial charge in [-0.2, -0.15) is 4.73 Å². The second-order valence-corrected chi connectivity index (χ2v) is 6.20. The Hall–Kier alpha value is -2.82. The van der Waals surface area contributed by atoms with Gasteiger partial charge in [-0.05, 0) is 37.1 Å².